The second-order valence-corrected chi connectivity index (χ2v) is 15.6. The van der Waals surface area contributed by atoms with Gasteiger partial charge in [-0.25, -0.2) is 16.8 Å². The summed E-state index contributed by atoms with van der Waals surface area (Å²) in [7, 11) is -6.36. The van der Waals surface area contributed by atoms with Crippen LogP contribution in [-0.4, -0.2) is 109 Å². The Morgan fingerprint density at radius 3 is 2.09 bits per heavy atom. The molecular formula is C30H36Cl2N6O7S2. The lowest BCUT2D eigenvalue weighted by atomic mass is 10.1. The average molecular weight is 728 g/mol. The van der Waals surface area contributed by atoms with Crippen molar-refractivity contribution in [2.24, 2.45) is 5.73 Å². The summed E-state index contributed by atoms with van der Waals surface area (Å²) in [5.41, 5.74) is 6.64. The van der Waals surface area contributed by atoms with Gasteiger partial charge in [-0.15, -0.1) is 0 Å². The van der Waals surface area contributed by atoms with Gasteiger partial charge in [0.05, 0.1) is 29.0 Å². The van der Waals surface area contributed by atoms with Gasteiger partial charge in [-0.3, -0.25) is 13.9 Å². The monoisotopic (exact) mass is 726 g/mol. The van der Waals surface area contributed by atoms with Crippen molar-refractivity contribution in [1.29, 1.82) is 0 Å². The number of hydrogen-bond acceptors (Lipinski definition) is 9. The Bertz CT molecular complexity index is 1810. The summed E-state index contributed by atoms with van der Waals surface area (Å²) in [6.45, 7) is 1.36. The molecule has 3 aromatic rings. The number of nitrogens with zero attached hydrogens (tertiary/aromatic N) is 4. The van der Waals surface area contributed by atoms with Crippen LogP contribution in [0.2, 0.25) is 10.0 Å². The SMILES string of the molecule is CN(c1ccc(C(=O)N(CCN)CCO)cc1C(=O)Nc1ccc(S(=O)(=O)N2CCN(c3cc(Cl)cc(Cl)c3)CC2)cc1)S(C)(=O)=O. The Morgan fingerprint density at radius 1 is 0.915 bits per heavy atom. The van der Waals surface area contributed by atoms with Crippen molar-refractivity contribution in [3.63, 3.8) is 0 Å². The van der Waals surface area contributed by atoms with E-state index in [0.29, 0.717) is 23.1 Å². The molecule has 0 aromatic heterocycles. The van der Waals surface area contributed by atoms with Crippen molar-refractivity contribution in [3.05, 3.63) is 81.8 Å². The number of amides is 2. The lowest BCUT2D eigenvalue weighted by Gasteiger charge is -2.35. The first-order chi connectivity index (χ1) is 22.1. The molecule has 0 aliphatic carbocycles. The van der Waals surface area contributed by atoms with Crippen molar-refractivity contribution in [2.75, 3.05) is 80.2 Å². The van der Waals surface area contributed by atoms with E-state index in [9.17, 15) is 31.5 Å². The molecule has 1 aliphatic heterocycles. The van der Waals surface area contributed by atoms with E-state index in [1.807, 2.05) is 4.90 Å². The summed E-state index contributed by atoms with van der Waals surface area (Å²) in [6.07, 6.45) is 0.976. The number of halogens is 2. The van der Waals surface area contributed by atoms with Gasteiger partial charge in [-0.1, -0.05) is 23.2 Å². The highest BCUT2D eigenvalue weighted by Gasteiger charge is 2.29. The summed E-state index contributed by atoms with van der Waals surface area (Å²) < 4.78 is 53.8. The molecule has 47 heavy (non-hydrogen) atoms. The maximum absolute atomic E-state index is 13.5. The minimum Gasteiger partial charge on any atom is -0.395 e. The Kier molecular flexibility index (Phi) is 11.8. The van der Waals surface area contributed by atoms with Crippen molar-refractivity contribution < 1.29 is 31.5 Å². The van der Waals surface area contributed by atoms with Gasteiger partial charge in [0.1, 0.15) is 0 Å². The van der Waals surface area contributed by atoms with Gasteiger partial charge in [0.2, 0.25) is 20.0 Å². The molecule has 0 unspecified atom stereocenters. The van der Waals surface area contributed by atoms with Gasteiger partial charge in [-0.2, -0.15) is 4.31 Å². The number of rotatable bonds is 12. The van der Waals surface area contributed by atoms with Crippen LogP contribution in [-0.2, 0) is 20.0 Å². The van der Waals surface area contributed by atoms with Crippen LogP contribution in [0.15, 0.2) is 65.6 Å². The first-order valence-electron chi connectivity index (χ1n) is 14.5. The predicted octanol–water partition coefficient (Wildman–Crippen LogP) is 2.55. The number of sulfonamides is 2. The van der Waals surface area contributed by atoms with Gasteiger partial charge in [0.15, 0.2) is 0 Å². The lowest BCUT2D eigenvalue weighted by Crippen LogP contribution is -2.48. The maximum atomic E-state index is 13.5. The smallest absolute Gasteiger partial charge is 0.257 e. The highest BCUT2D eigenvalue weighted by Crippen LogP contribution is 2.29. The highest BCUT2D eigenvalue weighted by molar-refractivity contribution is 7.92. The van der Waals surface area contributed by atoms with E-state index in [4.69, 9.17) is 28.9 Å². The lowest BCUT2D eigenvalue weighted by molar-refractivity contribution is 0.0727. The van der Waals surface area contributed by atoms with Crippen LogP contribution in [0.5, 0.6) is 0 Å². The second kappa shape index (κ2) is 15.2. The van der Waals surface area contributed by atoms with Crippen LogP contribution in [0, 0.1) is 0 Å². The van der Waals surface area contributed by atoms with Gasteiger partial charge in [-0.05, 0) is 60.7 Å². The molecule has 254 valence electrons. The number of benzene rings is 3. The van der Waals surface area contributed by atoms with E-state index in [2.05, 4.69) is 5.32 Å². The number of carbonyl (C=O) groups is 2. The Balaban J connectivity index is 1.52. The summed E-state index contributed by atoms with van der Waals surface area (Å²) in [4.78, 5) is 30.0. The van der Waals surface area contributed by atoms with E-state index in [0.717, 1.165) is 16.2 Å². The van der Waals surface area contributed by atoms with E-state index in [1.165, 1.54) is 58.7 Å². The molecule has 0 saturated carbocycles. The van der Waals surface area contributed by atoms with Crippen molar-refractivity contribution in [2.45, 2.75) is 4.90 Å². The molecule has 3 aromatic carbocycles. The zero-order chi connectivity index (χ0) is 34.5. The summed E-state index contributed by atoms with van der Waals surface area (Å²) in [5, 5.41) is 13.0. The standard InChI is InChI=1S/C30H36Cl2N6O7S2/c1-35(46(2,42)43)28-8-3-21(30(41)37(10-9-33)15-16-39)17-27(28)29(40)34-24-4-6-26(7-5-24)47(44,45)38-13-11-36(12-14-38)25-19-22(31)18-23(32)20-25/h3-8,17-20,39H,9-16,33H2,1-2H3,(H,34,40). The third-order valence-corrected chi connectivity index (χ3v) is 11.1. The quantitative estimate of drug-likeness (QED) is 0.254. The molecule has 1 fully saturated rings. The van der Waals surface area contributed by atoms with Crippen LogP contribution >= 0.6 is 23.2 Å². The molecule has 0 radical (unpaired) electrons. The second-order valence-electron chi connectivity index (χ2n) is 10.8. The topological polar surface area (TPSA) is 174 Å². The van der Waals surface area contributed by atoms with Crippen LogP contribution in [0.25, 0.3) is 0 Å². The summed E-state index contributed by atoms with van der Waals surface area (Å²) >= 11 is 12.2. The number of anilines is 3. The van der Waals surface area contributed by atoms with Gasteiger partial charge >= 0.3 is 0 Å². The number of aliphatic hydroxyl groups excluding tert-OH is 1. The zero-order valence-electron chi connectivity index (χ0n) is 25.8. The van der Waals surface area contributed by atoms with E-state index in [-0.39, 0.29) is 66.7 Å². The molecule has 2 amide bonds. The number of carbonyl (C=O) groups excluding carboxylic acids is 2. The van der Waals surface area contributed by atoms with Crippen LogP contribution in [0.4, 0.5) is 17.1 Å². The Hall–Kier alpha value is -3.44. The van der Waals surface area contributed by atoms with Crippen LogP contribution in [0.1, 0.15) is 20.7 Å². The number of piperazine rings is 1. The molecule has 0 spiro atoms. The first kappa shape index (κ1) is 36.4. The number of aliphatic hydroxyl groups is 1. The molecule has 4 N–H and O–H groups in total. The fourth-order valence-corrected chi connectivity index (χ4v) is 7.50. The fourth-order valence-electron chi connectivity index (χ4n) is 5.04. The molecular weight excluding hydrogens is 691 g/mol. The summed E-state index contributed by atoms with van der Waals surface area (Å²) in [5.74, 6) is -1.23. The van der Waals surface area contributed by atoms with E-state index < -0.39 is 31.9 Å². The van der Waals surface area contributed by atoms with Gasteiger partial charge in [0, 0.05) is 79.8 Å². The molecule has 17 heteroatoms. The largest absolute Gasteiger partial charge is 0.395 e. The molecule has 0 atom stereocenters. The van der Waals surface area contributed by atoms with Crippen molar-refractivity contribution >= 4 is 72.1 Å². The first-order valence-corrected chi connectivity index (χ1v) is 18.5. The molecule has 13 nitrogen and oxygen atoms in total. The Labute approximate surface area is 284 Å². The van der Waals surface area contributed by atoms with Crippen molar-refractivity contribution in [3.8, 4) is 0 Å². The normalized spacial score (nSPS) is 14.1. The fraction of sp³-hybridized carbons (Fsp3) is 0.333. The number of nitrogens with one attached hydrogen (secondary N) is 1. The molecule has 4 rings (SSSR count). The van der Waals surface area contributed by atoms with E-state index in [1.54, 1.807) is 18.2 Å². The highest BCUT2D eigenvalue weighted by atomic mass is 35.5. The van der Waals surface area contributed by atoms with Crippen LogP contribution in [0.3, 0.4) is 0 Å². The Morgan fingerprint density at radius 2 is 1.53 bits per heavy atom. The number of nitrogens with two attached hydrogens (primary N) is 1. The third-order valence-electron chi connectivity index (χ3n) is 7.58. The third kappa shape index (κ3) is 8.73. The minimum absolute atomic E-state index is 0.0181. The van der Waals surface area contributed by atoms with E-state index >= 15 is 0 Å². The van der Waals surface area contributed by atoms with Crippen LogP contribution < -0.4 is 20.3 Å². The molecule has 1 aliphatic rings. The molecule has 1 saturated heterocycles. The van der Waals surface area contributed by atoms with Crippen molar-refractivity contribution in [1.82, 2.24) is 9.21 Å². The molecule has 0 bridgehead atoms. The van der Waals surface area contributed by atoms with Gasteiger partial charge < -0.3 is 26.0 Å². The zero-order valence-corrected chi connectivity index (χ0v) is 28.9. The predicted molar refractivity (Wildman–Crippen MR) is 184 cm³/mol. The summed E-state index contributed by atoms with van der Waals surface area (Å²) in [6, 6.07) is 14.8. The average Bonchev–Trinajstić information content (AvgIpc) is 3.03. The number of hydrogen-bond donors (Lipinski definition) is 3. The maximum Gasteiger partial charge on any atom is 0.257 e. The van der Waals surface area contributed by atoms with Gasteiger partial charge in [0.25, 0.3) is 11.8 Å². The minimum atomic E-state index is -3.85. The molecule has 1 heterocycles.